The summed E-state index contributed by atoms with van der Waals surface area (Å²) in [6.45, 7) is 0. The number of hydrogen-bond donors (Lipinski definition) is 1. The molecule has 3 aromatic carbocycles. The van der Waals surface area contributed by atoms with E-state index >= 15 is 0 Å². The topological polar surface area (TPSA) is 42.0 Å². The van der Waals surface area contributed by atoms with E-state index in [1.165, 1.54) is 0 Å². The second-order valence-electron chi connectivity index (χ2n) is 6.16. The Morgan fingerprint density at radius 3 is 2.39 bits per heavy atom. The molecule has 28 heavy (non-hydrogen) atoms. The van der Waals surface area contributed by atoms with Crippen LogP contribution in [0.1, 0.15) is 10.4 Å². The number of hydrogen-bond acceptors (Lipinski definition) is 2. The van der Waals surface area contributed by atoms with Crippen LogP contribution in [0, 0.1) is 0 Å². The van der Waals surface area contributed by atoms with Gasteiger partial charge in [-0.15, -0.1) is 0 Å². The van der Waals surface area contributed by atoms with Crippen molar-refractivity contribution in [2.45, 2.75) is 0 Å². The molecule has 0 unspecified atom stereocenters. The van der Waals surface area contributed by atoms with Crippen LogP contribution in [-0.2, 0) is 0 Å². The number of halogens is 3. The highest BCUT2D eigenvalue weighted by Crippen LogP contribution is 2.28. The van der Waals surface area contributed by atoms with Gasteiger partial charge in [-0.05, 0) is 42.5 Å². The van der Waals surface area contributed by atoms with Crippen molar-refractivity contribution in [2.75, 3.05) is 5.32 Å². The van der Waals surface area contributed by atoms with Gasteiger partial charge in [-0.2, -0.15) is 0 Å². The fraction of sp³-hybridized carbons (Fsp3) is 0. The SMILES string of the molecule is O=C(Nc1ccc(Cl)c(Cl)c1)c1cc(-c2ccc(Br)cc2)nc2ccccc12. The third-order valence-corrected chi connectivity index (χ3v) is 5.55. The maximum atomic E-state index is 13.0. The van der Waals surface area contributed by atoms with Crippen LogP contribution in [-0.4, -0.2) is 10.9 Å². The van der Waals surface area contributed by atoms with Gasteiger partial charge in [-0.3, -0.25) is 4.79 Å². The quantitative estimate of drug-likeness (QED) is 0.342. The van der Waals surface area contributed by atoms with Crippen molar-refractivity contribution in [3.8, 4) is 11.3 Å². The molecule has 0 radical (unpaired) electrons. The van der Waals surface area contributed by atoms with Crippen LogP contribution in [0.5, 0.6) is 0 Å². The van der Waals surface area contributed by atoms with Gasteiger partial charge < -0.3 is 5.32 Å². The number of carbonyl (C=O) groups is 1. The molecule has 4 aromatic rings. The molecule has 0 saturated carbocycles. The molecule has 3 nitrogen and oxygen atoms in total. The van der Waals surface area contributed by atoms with Crippen LogP contribution in [0.15, 0.2) is 77.3 Å². The van der Waals surface area contributed by atoms with Gasteiger partial charge in [0.2, 0.25) is 0 Å². The standard InChI is InChI=1S/C22H13BrCl2N2O/c23-14-7-5-13(6-8-14)21-12-17(16-3-1-2-4-20(16)27-21)22(28)26-15-9-10-18(24)19(25)11-15/h1-12H,(H,26,28). The molecule has 0 bridgehead atoms. The van der Waals surface area contributed by atoms with E-state index in [9.17, 15) is 4.79 Å². The summed E-state index contributed by atoms with van der Waals surface area (Å²) in [6, 6.07) is 22.2. The zero-order chi connectivity index (χ0) is 19.7. The fourth-order valence-corrected chi connectivity index (χ4v) is 3.47. The second kappa shape index (κ2) is 7.92. The van der Waals surface area contributed by atoms with Crippen LogP contribution in [0.2, 0.25) is 10.0 Å². The molecule has 1 N–H and O–H groups in total. The van der Waals surface area contributed by atoms with E-state index in [4.69, 9.17) is 28.2 Å². The van der Waals surface area contributed by atoms with Crippen molar-refractivity contribution in [1.29, 1.82) is 0 Å². The predicted octanol–water partition coefficient (Wildman–Crippen LogP) is 7.22. The number of amides is 1. The second-order valence-corrected chi connectivity index (χ2v) is 7.89. The lowest BCUT2D eigenvalue weighted by atomic mass is 10.0. The summed E-state index contributed by atoms with van der Waals surface area (Å²) in [5, 5.41) is 4.49. The first-order valence-corrected chi connectivity index (χ1v) is 9.98. The molecular weight excluding hydrogens is 459 g/mol. The minimum Gasteiger partial charge on any atom is -0.322 e. The lowest BCUT2D eigenvalue weighted by molar-refractivity contribution is 0.102. The average Bonchev–Trinajstić information content (AvgIpc) is 2.70. The number of para-hydroxylation sites is 1. The molecule has 0 fully saturated rings. The number of benzene rings is 3. The Balaban J connectivity index is 1.79. The molecule has 6 heteroatoms. The minimum absolute atomic E-state index is 0.240. The summed E-state index contributed by atoms with van der Waals surface area (Å²) in [5.41, 5.74) is 3.52. The molecule has 0 atom stereocenters. The van der Waals surface area contributed by atoms with E-state index < -0.39 is 0 Å². The van der Waals surface area contributed by atoms with Gasteiger partial charge in [0.05, 0.1) is 26.8 Å². The van der Waals surface area contributed by atoms with E-state index in [0.29, 0.717) is 21.3 Å². The van der Waals surface area contributed by atoms with E-state index in [1.807, 2.05) is 48.5 Å². The van der Waals surface area contributed by atoms with Gasteiger partial charge in [0.1, 0.15) is 0 Å². The van der Waals surface area contributed by atoms with E-state index in [0.717, 1.165) is 26.6 Å². The average molecular weight is 472 g/mol. The molecule has 0 aliphatic heterocycles. The van der Waals surface area contributed by atoms with E-state index in [1.54, 1.807) is 24.3 Å². The van der Waals surface area contributed by atoms with Gasteiger partial charge in [-0.25, -0.2) is 4.98 Å². The highest BCUT2D eigenvalue weighted by atomic mass is 79.9. The third kappa shape index (κ3) is 3.90. The largest absolute Gasteiger partial charge is 0.322 e. The summed E-state index contributed by atoms with van der Waals surface area (Å²) in [7, 11) is 0. The smallest absolute Gasteiger partial charge is 0.256 e. The van der Waals surface area contributed by atoms with Crippen LogP contribution in [0.25, 0.3) is 22.2 Å². The van der Waals surface area contributed by atoms with Crippen molar-refractivity contribution in [1.82, 2.24) is 4.98 Å². The molecule has 1 heterocycles. The summed E-state index contributed by atoms with van der Waals surface area (Å²) in [6.07, 6.45) is 0. The minimum atomic E-state index is -0.240. The Hall–Kier alpha value is -2.40. The lowest BCUT2D eigenvalue weighted by Crippen LogP contribution is -2.13. The zero-order valence-electron chi connectivity index (χ0n) is 14.4. The molecule has 4 rings (SSSR count). The van der Waals surface area contributed by atoms with Gasteiger partial charge in [0.25, 0.3) is 5.91 Å². The lowest BCUT2D eigenvalue weighted by Gasteiger charge is -2.11. The first kappa shape index (κ1) is 18.9. The first-order chi connectivity index (χ1) is 13.5. The Bertz CT molecular complexity index is 1190. The van der Waals surface area contributed by atoms with E-state index in [2.05, 4.69) is 21.2 Å². The number of anilines is 1. The maximum Gasteiger partial charge on any atom is 0.256 e. The molecule has 138 valence electrons. The number of rotatable bonds is 3. The van der Waals surface area contributed by atoms with Crippen molar-refractivity contribution < 1.29 is 4.79 Å². The first-order valence-electron chi connectivity index (χ1n) is 8.43. The molecular formula is C22H13BrCl2N2O. The Labute approximate surface area is 180 Å². The van der Waals surface area contributed by atoms with Crippen LogP contribution in [0.4, 0.5) is 5.69 Å². The predicted molar refractivity (Wildman–Crippen MR) is 119 cm³/mol. The van der Waals surface area contributed by atoms with Crippen LogP contribution >= 0.6 is 39.1 Å². The molecule has 1 aromatic heterocycles. The fourth-order valence-electron chi connectivity index (χ4n) is 2.90. The number of carbonyl (C=O) groups excluding carboxylic acids is 1. The molecule has 0 spiro atoms. The number of fused-ring (bicyclic) bond motifs is 1. The number of pyridine rings is 1. The van der Waals surface area contributed by atoms with Crippen molar-refractivity contribution >= 4 is 61.6 Å². The Morgan fingerprint density at radius 2 is 1.64 bits per heavy atom. The normalized spacial score (nSPS) is 10.8. The van der Waals surface area contributed by atoms with Crippen molar-refractivity contribution in [3.63, 3.8) is 0 Å². The van der Waals surface area contributed by atoms with Gasteiger partial charge in [-0.1, -0.05) is 69.5 Å². The van der Waals surface area contributed by atoms with Gasteiger partial charge in [0, 0.05) is 21.1 Å². The van der Waals surface area contributed by atoms with Crippen molar-refractivity contribution in [3.05, 3.63) is 92.9 Å². The summed E-state index contributed by atoms with van der Waals surface area (Å²) < 4.78 is 0.981. The number of nitrogens with one attached hydrogen (secondary N) is 1. The maximum absolute atomic E-state index is 13.0. The number of aromatic nitrogens is 1. The van der Waals surface area contributed by atoms with Gasteiger partial charge in [0.15, 0.2) is 0 Å². The summed E-state index contributed by atoms with van der Waals surface area (Å²) in [5.74, 6) is -0.240. The Kier molecular flexibility index (Phi) is 5.36. The highest BCUT2D eigenvalue weighted by Gasteiger charge is 2.14. The summed E-state index contributed by atoms with van der Waals surface area (Å²) >= 11 is 15.5. The highest BCUT2D eigenvalue weighted by molar-refractivity contribution is 9.10. The zero-order valence-corrected chi connectivity index (χ0v) is 17.5. The van der Waals surface area contributed by atoms with Crippen LogP contribution in [0.3, 0.4) is 0 Å². The monoisotopic (exact) mass is 470 g/mol. The molecule has 1 amide bonds. The van der Waals surface area contributed by atoms with E-state index in [-0.39, 0.29) is 5.91 Å². The van der Waals surface area contributed by atoms with Crippen LogP contribution < -0.4 is 5.32 Å². The molecule has 0 saturated heterocycles. The summed E-state index contributed by atoms with van der Waals surface area (Å²) in [4.78, 5) is 17.8. The van der Waals surface area contributed by atoms with Gasteiger partial charge >= 0.3 is 0 Å². The number of nitrogens with zero attached hydrogens (tertiary/aromatic N) is 1. The third-order valence-electron chi connectivity index (χ3n) is 4.28. The molecule has 0 aliphatic carbocycles. The molecule has 0 aliphatic rings. The van der Waals surface area contributed by atoms with Crippen molar-refractivity contribution in [2.24, 2.45) is 0 Å². The Morgan fingerprint density at radius 1 is 0.893 bits per heavy atom.